The molecule has 20 heavy (non-hydrogen) atoms. The summed E-state index contributed by atoms with van der Waals surface area (Å²) in [6.07, 6.45) is 7.04. The lowest BCUT2D eigenvalue weighted by Crippen LogP contribution is -2.41. The maximum atomic E-state index is 9.29. The van der Waals surface area contributed by atoms with Gasteiger partial charge in [0, 0.05) is 0 Å². The number of unbranched alkanes of at least 4 members (excludes halogenated alkanes) is 1. The van der Waals surface area contributed by atoms with E-state index in [1.165, 1.54) is 38.9 Å². The zero-order valence-electron chi connectivity index (χ0n) is 14.0. The van der Waals surface area contributed by atoms with Crippen molar-refractivity contribution < 1.29 is 0 Å². The van der Waals surface area contributed by atoms with E-state index in [9.17, 15) is 5.26 Å². The number of hydrogen-bond donors (Lipinski definition) is 1. The summed E-state index contributed by atoms with van der Waals surface area (Å²) in [5.74, 6) is 0. The van der Waals surface area contributed by atoms with Crippen molar-refractivity contribution in [1.29, 1.82) is 5.26 Å². The second kappa shape index (κ2) is 8.00. The van der Waals surface area contributed by atoms with Crippen LogP contribution in [0.5, 0.6) is 0 Å². The van der Waals surface area contributed by atoms with Gasteiger partial charge < -0.3 is 4.90 Å². The van der Waals surface area contributed by atoms with E-state index >= 15 is 0 Å². The predicted molar refractivity (Wildman–Crippen MR) is 85.6 cm³/mol. The quantitative estimate of drug-likeness (QED) is 0.691. The minimum Gasteiger partial charge on any atom is -0.303 e. The molecule has 1 saturated heterocycles. The fourth-order valence-electron chi connectivity index (χ4n) is 2.78. The molecule has 3 nitrogen and oxygen atoms in total. The smallest absolute Gasteiger partial charge is 0.103 e. The molecule has 0 amide bonds. The number of likely N-dealkylation sites (tertiary alicyclic amines) is 1. The molecule has 1 atom stereocenters. The largest absolute Gasteiger partial charge is 0.303 e. The van der Waals surface area contributed by atoms with Crippen LogP contribution in [-0.2, 0) is 0 Å². The lowest BCUT2D eigenvalue weighted by molar-refractivity contribution is 0.130. The van der Waals surface area contributed by atoms with E-state index in [2.05, 4.69) is 37.1 Å². The molecule has 1 heterocycles. The minimum absolute atomic E-state index is 0.333. The summed E-state index contributed by atoms with van der Waals surface area (Å²) >= 11 is 0. The van der Waals surface area contributed by atoms with E-state index < -0.39 is 0 Å². The van der Waals surface area contributed by atoms with Gasteiger partial charge in [0.25, 0.3) is 0 Å². The van der Waals surface area contributed by atoms with Crippen LogP contribution >= 0.6 is 0 Å². The van der Waals surface area contributed by atoms with Crippen LogP contribution in [0.2, 0.25) is 0 Å². The number of nitriles is 1. The molecule has 0 spiro atoms. The van der Waals surface area contributed by atoms with Crippen LogP contribution in [-0.4, -0.2) is 36.6 Å². The zero-order chi connectivity index (χ0) is 15.1. The highest BCUT2D eigenvalue weighted by molar-refractivity contribution is 5.03. The molecule has 0 aromatic rings. The molecule has 116 valence electrons. The van der Waals surface area contributed by atoms with Crippen LogP contribution in [0.25, 0.3) is 0 Å². The number of rotatable bonds is 8. The highest BCUT2D eigenvalue weighted by atomic mass is 15.1. The average molecular weight is 279 g/mol. The lowest BCUT2D eigenvalue weighted by Gasteiger charge is -2.37. The first-order valence-corrected chi connectivity index (χ1v) is 8.29. The van der Waals surface area contributed by atoms with E-state index in [1.54, 1.807) is 0 Å². The van der Waals surface area contributed by atoms with Crippen molar-refractivity contribution in [2.24, 2.45) is 5.41 Å². The Bertz CT molecular complexity index is 309. The predicted octanol–water partition coefficient (Wildman–Crippen LogP) is 3.56. The van der Waals surface area contributed by atoms with Gasteiger partial charge in [0.1, 0.15) is 5.54 Å². The third-order valence-corrected chi connectivity index (χ3v) is 4.62. The highest BCUT2D eigenvalue weighted by Crippen LogP contribution is 2.29. The summed E-state index contributed by atoms with van der Waals surface area (Å²) in [5, 5.41) is 12.7. The molecule has 1 aliphatic rings. The Labute approximate surface area is 125 Å². The van der Waals surface area contributed by atoms with Gasteiger partial charge in [-0.25, -0.2) is 0 Å². The van der Waals surface area contributed by atoms with Crippen molar-refractivity contribution in [3.63, 3.8) is 0 Å². The van der Waals surface area contributed by atoms with Crippen LogP contribution in [0.1, 0.15) is 66.2 Å². The van der Waals surface area contributed by atoms with Crippen molar-refractivity contribution >= 4 is 0 Å². The zero-order valence-corrected chi connectivity index (χ0v) is 14.0. The van der Waals surface area contributed by atoms with Crippen LogP contribution in [0, 0.1) is 16.7 Å². The summed E-state index contributed by atoms with van der Waals surface area (Å²) in [7, 11) is 0. The summed E-state index contributed by atoms with van der Waals surface area (Å²) < 4.78 is 0. The Balaban J connectivity index is 2.17. The van der Waals surface area contributed by atoms with Gasteiger partial charge >= 0.3 is 0 Å². The van der Waals surface area contributed by atoms with Crippen molar-refractivity contribution in [3.05, 3.63) is 0 Å². The second-order valence-corrected chi connectivity index (χ2v) is 7.33. The topological polar surface area (TPSA) is 39.1 Å². The van der Waals surface area contributed by atoms with E-state index in [4.69, 9.17) is 0 Å². The molecule has 3 heteroatoms. The van der Waals surface area contributed by atoms with Gasteiger partial charge in [-0.3, -0.25) is 5.32 Å². The molecule has 0 radical (unpaired) electrons. The number of hydrogen-bond acceptors (Lipinski definition) is 3. The summed E-state index contributed by atoms with van der Waals surface area (Å²) in [4.78, 5) is 2.59. The van der Waals surface area contributed by atoms with Crippen molar-refractivity contribution in [2.75, 3.05) is 26.2 Å². The van der Waals surface area contributed by atoms with E-state index in [0.717, 1.165) is 25.8 Å². The molecule has 1 fully saturated rings. The summed E-state index contributed by atoms with van der Waals surface area (Å²) in [6, 6.07) is 2.44. The van der Waals surface area contributed by atoms with Crippen molar-refractivity contribution in [2.45, 2.75) is 71.8 Å². The first kappa shape index (κ1) is 17.5. The molecule has 1 aliphatic heterocycles. The number of piperidine rings is 1. The van der Waals surface area contributed by atoms with Crippen molar-refractivity contribution in [3.8, 4) is 6.07 Å². The average Bonchev–Trinajstić information content (AvgIpc) is 2.43. The van der Waals surface area contributed by atoms with Crippen LogP contribution in [0.15, 0.2) is 0 Å². The molecular weight excluding hydrogens is 246 g/mol. The monoisotopic (exact) mass is 279 g/mol. The lowest BCUT2D eigenvalue weighted by atomic mass is 9.82. The molecule has 0 aliphatic carbocycles. The van der Waals surface area contributed by atoms with Crippen LogP contribution in [0.3, 0.4) is 0 Å². The Morgan fingerprint density at radius 2 is 1.90 bits per heavy atom. The van der Waals surface area contributed by atoms with E-state index in [-0.39, 0.29) is 5.54 Å². The summed E-state index contributed by atoms with van der Waals surface area (Å²) in [5.41, 5.74) is 0.208. The maximum absolute atomic E-state index is 9.29. The molecule has 0 aromatic heterocycles. The third-order valence-electron chi connectivity index (χ3n) is 4.62. The molecule has 0 saturated carbocycles. The first-order chi connectivity index (χ1) is 9.41. The summed E-state index contributed by atoms with van der Waals surface area (Å²) in [6.45, 7) is 13.6. The molecule has 1 N–H and O–H groups in total. The molecule has 1 unspecified atom stereocenters. The molecular formula is C17H33N3. The van der Waals surface area contributed by atoms with Crippen molar-refractivity contribution in [1.82, 2.24) is 10.2 Å². The van der Waals surface area contributed by atoms with Gasteiger partial charge in [-0.05, 0) is 77.0 Å². The number of nitrogens with zero attached hydrogens (tertiary/aromatic N) is 2. The Morgan fingerprint density at radius 3 is 2.45 bits per heavy atom. The van der Waals surface area contributed by atoms with Gasteiger partial charge in [0.05, 0.1) is 6.07 Å². The molecule has 0 aromatic carbocycles. The van der Waals surface area contributed by atoms with Gasteiger partial charge in [0.15, 0.2) is 0 Å². The van der Waals surface area contributed by atoms with Gasteiger partial charge in [0.2, 0.25) is 0 Å². The first-order valence-electron chi connectivity index (χ1n) is 8.29. The maximum Gasteiger partial charge on any atom is 0.103 e. The fraction of sp³-hybridized carbons (Fsp3) is 0.941. The Kier molecular flexibility index (Phi) is 6.99. The molecule has 1 rings (SSSR count). The standard InChI is InChI=1S/C17H33N3/c1-5-11-19-17(4,15-18)8-6-7-12-20-13-9-16(2,3)10-14-20/h19H,5-14H2,1-4H3. The van der Waals surface area contributed by atoms with Gasteiger partial charge in [-0.2, -0.15) is 5.26 Å². The Morgan fingerprint density at radius 1 is 1.25 bits per heavy atom. The van der Waals surface area contributed by atoms with Gasteiger partial charge in [-0.15, -0.1) is 0 Å². The number of nitrogens with one attached hydrogen (secondary N) is 1. The van der Waals surface area contributed by atoms with Crippen LogP contribution < -0.4 is 5.32 Å². The Hall–Kier alpha value is -0.590. The fourth-order valence-corrected chi connectivity index (χ4v) is 2.78. The second-order valence-electron chi connectivity index (χ2n) is 7.33. The van der Waals surface area contributed by atoms with E-state index in [0.29, 0.717) is 5.41 Å². The normalized spacial score (nSPS) is 22.1. The highest BCUT2D eigenvalue weighted by Gasteiger charge is 2.25. The van der Waals surface area contributed by atoms with Gasteiger partial charge in [-0.1, -0.05) is 20.8 Å². The van der Waals surface area contributed by atoms with E-state index in [1.807, 2.05) is 6.92 Å². The molecule has 0 bridgehead atoms. The third kappa shape index (κ3) is 6.24. The minimum atomic E-state index is -0.333. The SMILES string of the molecule is CCCNC(C)(C#N)CCCCN1CCC(C)(C)CC1. The van der Waals surface area contributed by atoms with Crippen LogP contribution in [0.4, 0.5) is 0 Å².